The fraction of sp³-hybridized carbons (Fsp3) is 0.435. The minimum absolute atomic E-state index is 0.0433. The first-order chi connectivity index (χ1) is 16.0. The number of para-hydroxylation sites is 1. The number of ether oxygens (including phenoxy) is 1. The van der Waals surface area contributed by atoms with E-state index in [1.807, 2.05) is 6.92 Å². The molecule has 0 unspecified atom stereocenters. The predicted molar refractivity (Wildman–Crippen MR) is 127 cm³/mol. The summed E-state index contributed by atoms with van der Waals surface area (Å²) < 4.78 is 31.6. The second-order valence-electron chi connectivity index (χ2n) is 8.54. The Balaban J connectivity index is 2.06. The quantitative estimate of drug-likeness (QED) is 0.601. The summed E-state index contributed by atoms with van der Waals surface area (Å²) in [6.07, 6.45) is 3.48. The number of aliphatic hydroxyl groups is 1. The van der Waals surface area contributed by atoms with Crippen molar-refractivity contribution >= 4 is 27.5 Å². The number of sulfonamides is 1. The lowest BCUT2D eigenvalue weighted by atomic mass is 9.99. The second-order valence-corrected chi connectivity index (χ2v) is 10.6. The van der Waals surface area contributed by atoms with Gasteiger partial charge in [0.05, 0.1) is 36.7 Å². The molecule has 2 heterocycles. The molecule has 0 saturated heterocycles. The van der Waals surface area contributed by atoms with E-state index in [-0.39, 0.29) is 48.5 Å². The number of benzene rings is 1. The lowest BCUT2D eigenvalue weighted by Gasteiger charge is -2.38. The second kappa shape index (κ2) is 10.5. The molecule has 3 atom stereocenters. The number of aliphatic hydroxyl groups excluding tert-OH is 1. The van der Waals surface area contributed by atoms with Crippen LogP contribution in [0.3, 0.4) is 0 Å². The zero-order valence-corrected chi connectivity index (χ0v) is 20.4. The third kappa shape index (κ3) is 5.72. The number of nitrogens with zero attached hydrogens (tertiary/aromatic N) is 3. The fourth-order valence-electron chi connectivity index (χ4n) is 3.65. The molecular weight excluding hydrogens is 460 g/mol. The van der Waals surface area contributed by atoms with Crippen LogP contribution in [0.4, 0.5) is 5.69 Å². The summed E-state index contributed by atoms with van der Waals surface area (Å²) in [6, 6.07) is 7.49. The van der Waals surface area contributed by atoms with Crippen LogP contribution >= 0.6 is 0 Å². The van der Waals surface area contributed by atoms with Crippen molar-refractivity contribution in [3.05, 3.63) is 53.9 Å². The molecule has 0 fully saturated rings. The number of nitrogens with one attached hydrogen (secondary N) is 1. The average molecular weight is 491 g/mol. The van der Waals surface area contributed by atoms with Gasteiger partial charge in [-0.2, -0.15) is 0 Å². The molecule has 1 aliphatic rings. The van der Waals surface area contributed by atoms with Crippen LogP contribution in [-0.4, -0.2) is 84.7 Å². The lowest BCUT2D eigenvalue weighted by molar-refractivity contribution is 0.0389. The van der Waals surface area contributed by atoms with Crippen LogP contribution < -0.4 is 10.1 Å². The van der Waals surface area contributed by atoms with Crippen LogP contribution in [0, 0.1) is 5.92 Å². The Labute approximate surface area is 199 Å². The number of hydrogen-bond acceptors (Lipinski definition) is 7. The summed E-state index contributed by atoms with van der Waals surface area (Å²) in [4.78, 5) is 31.7. The Hall–Kier alpha value is -3.02. The maximum Gasteiger partial charge on any atom is 0.258 e. The molecule has 0 radical (unpaired) electrons. The molecule has 0 bridgehead atoms. The smallest absolute Gasteiger partial charge is 0.258 e. The van der Waals surface area contributed by atoms with Crippen molar-refractivity contribution in [2.75, 3.05) is 38.3 Å². The van der Waals surface area contributed by atoms with Crippen molar-refractivity contribution in [2.45, 2.75) is 26.0 Å². The van der Waals surface area contributed by atoms with E-state index < -0.39 is 28.1 Å². The summed E-state index contributed by atoms with van der Waals surface area (Å²) in [5.74, 6) is -0.881. The number of rotatable bonds is 7. The predicted octanol–water partition coefficient (Wildman–Crippen LogP) is 1.45. The van der Waals surface area contributed by atoms with E-state index in [1.165, 1.54) is 23.7 Å². The minimum atomic E-state index is -3.48. The number of anilines is 1. The number of likely N-dealkylation sites (N-methyl/N-ethyl adjacent to an activating group) is 1. The zero-order valence-electron chi connectivity index (χ0n) is 19.6. The number of aromatic nitrogens is 1. The van der Waals surface area contributed by atoms with Crippen molar-refractivity contribution in [2.24, 2.45) is 5.92 Å². The van der Waals surface area contributed by atoms with Crippen LogP contribution in [0.25, 0.3) is 0 Å². The first-order valence-electron chi connectivity index (χ1n) is 10.9. The molecule has 11 heteroatoms. The van der Waals surface area contributed by atoms with Crippen LogP contribution in [0.15, 0.2) is 42.7 Å². The molecule has 1 aromatic heterocycles. The van der Waals surface area contributed by atoms with Gasteiger partial charge in [-0.1, -0.05) is 13.0 Å². The average Bonchev–Trinajstić information content (AvgIpc) is 2.81. The van der Waals surface area contributed by atoms with Gasteiger partial charge in [0.2, 0.25) is 10.0 Å². The number of fused-ring (bicyclic) bond motifs is 1. The van der Waals surface area contributed by atoms with E-state index in [4.69, 9.17) is 4.74 Å². The van der Waals surface area contributed by atoms with Gasteiger partial charge in [0.1, 0.15) is 6.10 Å². The highest BCUT2D eigenvalue weighted by Crippen LogP contribution is 2.35. The van der Waals surface area contributed by atoms with Gasteiger partial charge in [-0.25, -0.2) is 12.7 Å². The van der Waals surface area contributed by atoms with Crippen LogP contribution in [0.1, 0.15) is 34.6 Å². The van der Waals surface area contributed by atoms with Crippen molar-refractivity contribution in [1.29, 1.82) is 0 Å². The van der Waals surface area contributed by atoms with Gasteiger partial charge in [-0.15, -0.1) is 0 Å². The highest BCUT2D eigenvalue weighted by Gasteiger charge is 2.35. The molecule has 34 heavy (non-hydrogen) atoms. The normalized spacial score (nSPS) is 19.6. The van der Waals surface area contributed by atoms with Crippen LogP contribution in [0.2, 0.25) is 0 Å². The molecule has 2 N–H and O–H groups in total. The molecule has 2 aromatic rings. The van der Waals surface area contributed by atoms with Gasteiger partial charge in [-0.05, 0) is 31.2 Å². The molecule has 2 amide bonds. The van der Waals surface area contributed by atoms with Crippen molar-refractivity contribution in [3.63, 3.8) is 0 Å². The Morgan fingerprint density at radius 1 is 1.32 bits per heavy atom. The largest absolute Gasteiger partial charge is 0.486 e. The van der Waals surface area contributed by atoms with Crippen molar-refractivity contribution in [1.82, 2.24) is 14.2 Å². The maximum absolute atomic E-state index is 13.4. The van der Waals surface area contributed by atoms with E-state index in [0.717, 1.165) is 6.26 Å². The highest BCUT2D eigenvalue weighted by molar-refractivity contribution is 7.88. The molecule has 3 rings (SSSR count). The molecule has 0 saturated carbocycles. The first-order valence-corrected chi connectivity index (χ1v) is 12.7. The Kier molecular flexibility index (Phi) is 7.90. The first kappa shape index (κ1) is 25.6. The van der Waals surface area contributed by atoms with E-state index in [1.54, 1.807) is 42.2 Å². The Morgan fingerprint density at radius 2 is 2.00 bits per heavy atom. The Morgan fingerprint density at radius 3 is 2.62 bits per heavy atom. The standard InChI is InChI=1S/C23H30N4O6S/c1-15-12-27(16(2)14-28)23(30)18-6-5-7-19(25-22(29)17-8-10-24-11-9-17)21(18)33-20(15)13-26(3)34(4,31)32/h5-11,15-16,20,28H,12-14H2,1-4H3,(H,25,29)/t15-,16+,20+/m0/s1. The molecule has 0 aliphatic carbocycles. The summed E-state index contributed by atoms with van der Waals surface area (Å²) in [5.41, 5.74) is 0.874. The molecule has 10 nitrogen and oxygen atoms in total. The van der Waals surface area contributed by atoms with Crippen LogP contribution in [-0.2, 0) is 10.0 Å². The number of carbonyl (C=O) groups excluding carboxylic acids is 2. The van der Waals surface area contributed by atoms with Gasteiger partial charge >= 0.3 is 0 Å². The van der Waals surface area contributed by atoms with Crippen molar-refractivity contribution in [3.8, 4) is 5.75 Å². The summed E-state index contributed by atoms with van der Waals surface area (Å²) in [6.45, 7) is 3.66. The zero-order chi connectivity index (χ0) is 25.0. The molecule has 184 valence electrons. The van der Waals surface area contributed by atoms with Gasteiger partial charge in [0.25, 0.3) is 11.8 Å². The monoisotopic (exact) mass is 490 g/mol. The Bertz CT molecular complexity index is 1140. The number of hydrogen-bond donors (Lipinski definition) is 2. The lowest BCUT2D eigenvalue weighted by Crippen LogP contribution is -2.50. The van der Waals surface area contributed by atoms with Gasteiger partial charge < -0.3 is 20.1 Å². The number of pyridine rings is 1. The summed E-state index contributed by atoms with van der Waals surface area (Å²) in [5, 5.41) is 12.5. The van der Waals surface area contributed by atoms with E-state index in [9.17, 15) is 23.1 Å². The topological polar surface area (TPSA) is 129 Å². The highest BCUT2D eigenvalue weighted by atomic mass is 32.2. The summed E-state index contributed by atoms with van der Waals surface area (Å²) in [7, 11) is -2.02. The third-order valence-electron chi connectivity index (χ3n) is 5.89. The van der Waals surface area contributed by atoms with Gasteiger partial charge in [0.15, 0.2) is 5.75 Å². The minimum Gasteiger partial charge on any atom is -0.486 e. The van der Waals surface area contributed by atoms with E-state index in [2.05, 4.69) is 10.3 Å². The maximum atomic E-state index is 13.4. The summed E-state index contributed by atoms with van der Waals surface area (Å²) >= 11 is 0. The molecule has 1 aromatic carbocycles. The van der Waals surface area contributed by atoms with Gasteiger partial charge in [0, 0.05) is 37.5 Å². The molecule has 1 aliphatic heterocycles. The number of carbonyl (C=O) groups is 2. The number of amides is 2. The SMILES string of the molecule is C[C@H](CO)N1C[C@H](C)[C@@H](CN(C)S(C)(=O)=O)Oc2c(NC(=O)c3ccncc3)cccc2C1=O. The van der Waals surface area contributed by atoms with E-state index in [0.29, 0.717) is 5.56 Å². The van der Waals surface area contributed by atoms with Crippen molar-refractivity contribution < 1.29 is 27.9 Å². The van der Waals surface area contributed by atoms with E-state index >= 15 is 0 Å². The van der Waals surface area contributed by atoms with Crippen LogP contribution in [0.5, 0.6) is 5.75 Å². The third-order valence-corrected chi connectivity index (χ3v) is 7.17. The fourth-order valence-corrected chi connectivity index (χ4v) is 4.06. The van der Waals surface area contributed by atoms with Gasteiger partial charge in [-0.3, -0.25) is 14.6 Å². The molecular formula is C23H30N4O6S. The molecule has 0 spiro atoms.